The summed E-state index contributed by atoms with van der Waals surface area (Å²) in [4.78, 5) is 16.4. The zero-order valence-corrected chi connectivity index (χ0v) is 19.2. The van der Waals surface area contributed by atoms with E-state index in [4.69, 9.17) is 0 Å². The standard InChI is InChI=1S/C22H27BrN4O2.ClH/c23-16-4-6-17(7-5-16)24-14-18(28)15-26-10-12-27(13-11-26)21-3-1-2-20-19(21)8-9-22(29)25-20;/h1-7,18,24,28H,8-15H2,(H,25,29);1H. The number of halogens is 2. The fraction of sp³-hybridized carbons (Fsp3) is 0.409. The number of hydrogen-bond donors (Lipinski definition) is 3. The number of carbonyl (C=O) groups is 1. The van der Waals surface area contributed by atoms with Crippen molar-refractivity contribution < 1.29 is 9.90 Å². The number of fused-ring (bicyclic) bond motifs is 1. The Kier molecular flexibility index (Phi) is 7.99. The second kappa shape index (κ2) is 10.5. The van der Waals surface area contributed by atoms with E-state index in [-0.39, 0.29) is 18.3 Å². The second-order valence-electron chi connectivity index (χ2n) is 7.68. The number of β-amino-alcohol motifs (C(OH)–C–C–N with tert-alkyl or cyclic N) is 1. The molecule has 4 rings (SSSR count). The van der Waals surface area contributed by atoms with Gasteiger partial charge in [-0.25, -0.2) is 0 Å². The minimum atomic E-state index is -0.412. The van der Waals surface area contributed by atoms with Crippen molar-refractivity contribution in [2.24, 2.45) is 0 Å². The van der Waals surface area contributed by atoms with Crippen LogP contribution in [0.3, 0.4) is 0 Å². The average molecular weight is 496 g/mol. The topological polar surface area (TPSA) is 67.8 Å². The van der Waals surface area contributed by atoms with E-state index in [0.717, 1.165) is 48.4 Å². The molecule has 1 amide bonds. The summed E-state index contributed by atoms with van der Waals surface area (Å²) in [6, 6.07) is 14.1. The number of nitrogens with one attached hydrogen (secondary N) is 2. The molecule has 2 heterocycles. The van der Waals surface area contributed by atoms with Gasteiger partial charge in [-0.05, 0) is 48.4 Å². The largest absolute Gasteiger partial charge is 0.390 e. The zero-order valence-electron chi connectivity index (χ0n) is 16.8. The number of aliphatic hydroxyl groups excluding tert-OH is 1. The molecule has 1 fully saturated rings. The monoisotopic (exact) mass is 494 g/mol. The normalized spacial score (nSPS) is 17.5. The maximum atomic E-state index is 11.7. The highest BCUT2D eigenvalue weighted by Gasteiger charge is 2.24. The van der Waals surface area contributed by atoms with Crippen LogP contribution in [0.1, 0.15) is 12.0 Å². The van der Waals surface area contributed by atoms with E-state index in [2.05, 4.69) is 42.4 Å². The number of hydrogen-bond acceptors (Lipinski definition) is 5. The first kappa shape index (κ1) is 22.9. The Balaban J connectivity index is 0.00000256. The molecule has 8 heteroatoms. The first-order valence-electron chi connectivity index (χ1n) is 10.1. The highest BCUT2D eigenvalue weighted by Crippen LogP contribution is 2.32. The van der Waals surface area contributed by atoms with Crippen LogP contribution in [-0.4, -0.2) is 61.3 Å². The molecule has 3 N–H and O–H groups in total. The molecule has 2 aliphatic rings. The number of piperazine rings is 1. The lowest BCUT2D eigenvalue weighted by Gasteiger charge is -2.38. The Bertz CT molecular complexity index is 857. The van der Waals surface area contributed by atoms with E-state index >= 15 is 0 Å². The summed E-state index contributed by atoms with van der Waals surface area (Å²) in [5.74, 6) is 0.102. The molecule has 2 aromatic carbocycles. The summed E-state index contributed by atoms with van der Waals surface area (Å²) < 4.78 is 1.04. The molecule has 0 spiro atoms. The van der Waals surface area contributed by atoms with Crippen LogP contribution in [0.25, 0.3) is 0 Å². The summed E-state index contributed by atoms with van der Waals surface area (Å²) in [7, 11) is 0. The van der Waals surface area contributed by atoms with E-state index in [9.17, 15) is 9.90 Å². The van der Waals surface area contributed by atoms with E-state index in [1.54, 1.807) is 0 Å². The van der Waals surface area contributed by atoms with E-state index in [1.165, 1.54) is 11.3 Å². The number of benzene rings is 2. The molecule has 2 aliphatic heterocycles. The summed E-state index contributed by atoms with van der Waals surface area (Å²) in [5, 5.41) is 16.7. The van der Waals surface area contributed by atoms with E-state index < -0.39 is 6.10 Å². The lowest BCUT2D eigenvalue weighted by atomic mass is 10.00. The van der Waals surface area contributed by atoms with Gasteiger partial charge >= 0.3 is 0 Å². The summed E-state index contributed by atoms with van der Waals surface area (Å²) in [6.45, 7) is 4.90. The van der Waals surface area contributed by atoms with Gasteiger partial charge in [0.15, 0.2) is 0 Å². The number of amides is 1. The SMILES string of the molecule is Cl.O=C1CCc2c(cccc2N2CCN(CC(O)CNc3ccc(Br)cc3)CC2)N1. The highest BCUT2D eigenvalue weighted by molar-refractivity contribution is 9.10. The minimum Gasteiger partial charge on any atom is -0.390 e. The minimum absolute atomic E-state index is 0. The van der Waals surface area contributed by atoms with Gasteiger partial charge in [0.1, 0.15) is 0 Å². The molecule has 0 bridgehead atoms. The number of anilines is 3. The van der Waals surface area contributed by atoms with Gasteiger partial charge in [0.05, 0.1) is 6.10 Å². The van der Waals surface area contributed by atoms with Crippen molar-refractivity contribution in [1.29, 1.82) is 0 Å². The van der Waals surface area contributed by atoms with Crippen molar-refractivity contribution >= 4 is 51.3 Å². The fourth-order valence-electron chi connectivity index (χ4n) is 4.04. The Morgan fingerprint density at radius 2 is 1.80 bits per heavy atom. The van der Waals surface area contributed by atoms with Crippen LogP contribution in [0.4, 0.5) is 17.1 Å². The predicted molar refractivity (Wildman–Crippen MR) is 128 cm³/mol. The number of carbonyl (C=O) groups excluding carboxylic acids is 1. The predicted octanol–water partition coefficient (Wildman–Crippen LogP) is 3.35. The van der Waals surface area contributed by atoms with Crippen LogP contribution in [0.5, 0.6) is 0 Å². The Labute approximate surface area is 192 Å². The van der Waals surface area contributed by atoms with Crippen LogP contribution in [0, 0.1) is 0 Å². The summed E-state index contributed by atoms with van der Waals surface area (Å²) >= 11 is 3.43. The smallest absolute Gasteiger partial charge is 0.224 e. The van der Waals surface area contributed by atoms with Crippen LogP contribution in [-0.2, 0) is 11.2 Å². The van der Waals surface area contributed by atoms with Crippen molar-refractivity contribution in [3.63, 3.8) is 0 Å². The first-order valence-corrected chi connectivity index (χ1v) is 10.9. The maximum Gasteiger partial charge on any atom is 0.224 e. The maximum absolute atomic E-state index is 11.7. The lowest BCUT2D eigenvalue weighted by molar-refractivity contribution is -0.116. The van der Waals surface area contributed by atoms with Crippen molar-refractivity contribution in [1.82, 2.24) is 4.90 Å². The van der Waals surface area contributed by atoms with E-state index in [0.29, 0.717) is 19.5 Å². The number of rotatable bonds is 6. The molecule has 2 aromatic rings. The fourth-order valence-corrected chi connectivity index (χ4v) is 4.30. The third-order valence-electron chi connectivity index (χ3n) is 5.60. The van der Waals surface area contributed by atoms with Gasteiger partial charge in [-0.1, -0.05) is 22.0 Å². The molecule has 0 aromatic heterocycles. The molecular weight excluding hydrogens is 468 g/mol. The van der Waals surface area contributed by atoms with Gasteiger partial charge in [-0.3, -0.25) is 9.69 Å². The number of aliphatic hydroxyl groups is 1. The molecule has 0 saturated carbocycles. The average Bonchev–Trinajstić information content (AvgIpc) is 2.73. The van der Waals surface area contributed by atoms with Crippen molar-refractivity contribution in [2.45, 2.75) is 18.9 Å². The first-order chi connectivity index (χ1) is 14.1. The van der Waals surface area contributed by atoms with Crippen molar-refractivity contribution in [2.75, 3.05) is 54.8 Å². The third-order valence-corrected chi connectivity index (χ3v) is 6.12. The second-order valence-corrected chi connectivity index (χ2v) is 8.60. The Hall–Kier alpha value is -1.80. The van der Waals surface area contributed by atoms with Gasteiger partial charge in [0.25, 0.3) is 0 Å². The van der Waals surface area contributed by atoms with Crippen LogP contribution in [0.15, 0.2) is 46.9 Å². The van der Waals surface area contributed by atoms with Gasteiger partial charge in [0.2, 0.25) is 5.91 Å². The highest BCUT2D eigenvalue weighted by atomic mass is 79.9. The number of nitrogens with zero attached hydrogens (tertiary/aromatic N) is 2. The van der Waals surface area contributed by atoms with Crippen molar-refractivity contribution in [3.05, 3.63) is 52.5 Å². The quantitative estimate of drug-likeness (QED) is 0.573. The summed E-state index contributed by atoms with van der Waals surface area (Å²) in [5.41, 5.74) is 4.45. The molecule has 30 heavy (non-hydrogen) atoms. The molecule has 6 nitrogen and oxygen atoms in total. The van der Waals surface area contributed by atoms with Crippen LogP contribution < -0.4 is 15.5 Å². The third kappa shape index (κ3) is 5.66. The molecule has 162 valence electrons. The van der Waals surface area contributed by atoms with Gasteiger partial charge in [-0.15, -0.1) is 12.4 Å². The van der Waals surface area contributed by atoms with Gasteiger partial charge in [-0.2, -0.15) is 0 Å². The summed E-state index contributed by atoms with van der Waals surface area (Å²) in [6.07, 6.45) is 0.949. The Morgan fingerprint density at radius 1 is 1.07 bits per heavy atom. The Morgan fingerprint density at radius 3 is 2.53 bits per heavy atom. The van der Waals surface area contributed by atoms with Crippen LogP contribution >= 0.6 is 28.3 Å². The molecule has 0 radical (unpaired) electrons. The molecule has 1 atom stereocenters. The molecular formula is C22H28BrClN4O2. The lowest BCUT2D eigenvalue weighted by Crippen LogP contribution is -2.49. The van der Waals surface area contributed by atoms with E-state index in [1.807, 2.05) is 36.4 Å². The molecule has 0 aliphatic carbocycles. The zero-order chi connectivity index (χ0) is 20.2. The van der Waals surface area contributed by atoms with Crippen LogP contribution in [0.2, 0.25) is 0 Å². The van der Waals surface area contributed by atoms with Gasteiger partial charge in [0, 0.05) is 67.2 Å². The molecule has 1 saturated heterocycles. The molecule has 1 unspecified atom stereocenters. The van der Waals surface area contributed by atoms with Gasteiger partial charge < -0.3 is 20.6 Å². The van der Waals surface area contributed by atoms with Crippen molar-refractivity contribution in [3.8, 4) is 0 Å².